The van der Waals surface area contributed by atoms with Crippen LogP contribution in [0.5, 0.6) is 0 Å². The van der Waals surface area contributed by atoms with Gasteiger partial charge >= 0.3 is 0 Å². The van der Waals surface area contributed by atoms with E-state index in [0.717, 1.165) is 0 Å². The SMILES string of the molecule is COC[C@H]1O[C@@H](C)C(OCCC#N)[C@H]1OC. The highest BCUT2D eigenvalue weighted by atomic mass is 16.6. The van der Waals surface area contributed by atoms with Crippen LogP contribution in [0, 0.1) is 11.3 Å². The molecule has 0 aromatic rings. The van der Waals surface area contributed by atoms with E-state index in [9.17, 15) is 0 Å². The zero-order valence-electron chi connectivity index (χ0n) is 10.0. The summed E-state index contributed by atoms with van der Waals surface area (Å²) in [4.78, 5) is 0. The minimum atomic E-state index is -0.131. The van der Waals surface area contributed by atoms with Crippen molar-refractivity contribution in [1.82, 2.24) is 0 Å². The lowest BCUT2D eigenvalue weighted by Gasteiger charge is -2.21. The van der Waals surface area contributed by atoms with Gasteiger partial charge in [-0.2, -0.15) is 5.26 Å². The molecule has 1 unspecified atom stereocenters. The lowest BCUT2D eigenvalue weighted by Crippen LogP contribution is -2.37. The first kappa shape index (κ1) is 13.4. The van der Waals surface area contributed by atoms with Crippen LogP contribution in [0.4, 0.5) is 0 Å². The fourth-order valence-electron chi connectivity index (χ4n) is 1.96. The summed E-state index contributed by atoms with van der Waals surface area (Å²) in [7, 11) is 3.26. The maximum absolute atomic E-state index is 8.45. The molecule has 1 fully saturated rings. The van der Waals surface area contributed by atoms with Crippen molar-refractivity contribution >= 4 is 0 Å². The summed E-state index contributed by atoms with van der Waals surface area (Å²) in [5, 5.41) is 8.45. The standard InChI is InChI=1S/C11H19NO4/c1-8-10(15-6-4-5-12)11(14-3)9(16-8)7-13-2/h8-11H,4,6-7H2,1-3H3/t8-,9+,10?,11-/m0/s1. The number of hydrogen-bond acceptors (Lipinski definition) is 5. The van der Waals surface area contributed by atoms with Crippen molar-refractivity contribution in [3.8, 4) is 6.07 Å². The summed E-state index contributed by atoms with van der Waals surface area (Å²) in [6, 6.07) is 2.04. The average molecular weight is 229 g/mol. The van der Waals surface area contributed by atoms with E-state index in [1.165, 1.54) is 0 Å². The number of hydrogen-bond donors (Lipinski definition) is 0. The van der Waals surface area contributed by atoms with Gasteiger partial charge in [-0.05, 0) is 6.92 Å². The van der Waals surface area contributed by atoms with Crippen LogP contribution in [0.2, 0.25) is 0 Å². The maximum atomic E-state index is 8.45. The van der Waals surface area contributed by atoms with Gasteiger partial charge < -0.3 is 18.9 Å². The summed E-state index contributed by atoms with van der Waals surface area (Å²) in [6.45, 7) is 2.84. The van der Waals surface area contributed by atoms with Crippen molar-refractivity contribution in [2.75, 3.05) is 27.4 Å². The number of methoxy groups -OCH3 is 2. The van der Waals surface area contributed by atoms with E-state index < -0.39 is 0 Å². The molecule has 0 aromatic heterocycles. The Morgan fingerprint density at radius 3 is 2.62 bits per heavy atom. The number of rotatable bonds is 6. The monoisotopic (exact) mass is 229 g/mol. The Kier molecular flexibility index (Phi) is 5.71. The van der Waals surface area contributed by atoms with Gasteiger partial charge in [0.25, 0.3) is 0 Å². The van der Waals surface area contributed by atoms with Gasteiger partial charge in [-0.15, -0.1) is 0 Å². The zero-order valence-corrected chi connectivity index (χ0v) is 10.0. The first-order valence-electron chi connectivity index (χ1n) is 5.40. The fraction of sp³-hybridized carbons (Fsp3) is 0.909. The van der Waals surface area contributed by atoms with Gasteiger partial charge in [-0.1, -0.05) is 0 Å². The van der Waals surface area contributed by atoms with Gasteiger partial charge in [0, 0.05) is 14.2 Å². The lowest BCUT2D eigenvalue weighted by atomic mass is 10.1. The second kappa shape index (κ2) is 6.81. The molecule has 0 bridgehead atoms. The molecule has 4 atom stereocenters. The third-order valence-corrected chi connectivity index (χ3v) is 2.67. The first-order valence-corrected chi connectivity index (χ1v) is 5.40. The van der Waals surface area contributed by atoms with Crippen LogP contribution in [-0.4, -0.2) is 51.8 Å². The van der Waals surface area contributed by atoms with Crippen LogP contribution in [0.1, 0.15) is 13.3 Å². The molecule has 0 aliphatic carbocycles. The topological polar surface area (TPSA) is 60.7 Å². The predicted molar refractivity (Wildman–Crippen MR) is 57.0 cm³/mol. The van der Waals surface area contributed by atoms with Crippen LogP contribution in [0.15, 0.2) is 0 Å². The minimum Gasteiger partial charge on any atom is -0.382 e. The molecule has 5 heteroatoms. The van der Waals surface area contributed by atoms with Gasteiger partial charge in [-0.25, -0.2) is 0 Å². The Morgan fingerprint density at radius 1 is 1.31 bits per heavy atom. The second-order valence-corrected chi connectivity index (χ2v) is 3.78. The third kappa shape index (κ3) is 3.16. The molecule has 1 rings (SSSR count). The number of nitrogens with zero attached hydrogens (tertiary/aromatic N) is 1. The summed E-state index contributed by atoms with van der Waals surface area (Å²) in [5.41, 5.74) is 0. The van der Waals surface area contributed by atoms with Crippen LogP contribution >= 0.6 is 0 Å². The van der Waals surface area contributed by atoms with E-state index in [1.54, 1.807) is 14.2 Å². The molecule has 92 valence electrons. The smallest absolute Gasteiger partial charge is 0.114 e. The average Bonchev–Trinajstić information content (AvgIpc) is 2.56. The Balaban J connectivity index is 2.50. The van der Waals surface area contributed by atoms with Gasteiger partial charge in [-0.3, -0.25) is 0 Å². The van der Waals surface area contributed by atoms with Crippen LogP contribution in [0.3, 0.4) is 0 Å². The van der Waals surface area contributed by atoms with E-state index >= 15 is 0 Å². The molecule has 1 aliphatic rings. The molecule has 5 nitrogen and oxygen atoms in total. The summed E-state index contributed by atoms with van der Waals surface area (Å²) < 4.78 is 21.7. The summed E-state index contributed by atoms with van der Waals surface area (Å²) >= 11 is 0. The van der Waals surface area contributed by atoms with Crippen molar-refractivity contribution < 1.29 is 18.9 Å². The normalized spacial score (nSPS) is 33.9. The van der Waals surface area contributed by atoms with E-state index in [0.29, 0.717) is 19.6 Å². The van der Waals surface area contributed by atoms with E-state index in [1.807, 2.05) is 13.0 Å². The molecule has 1 heterocycles. The predicted octanol–water partition coefficient (Wildman–Crippen LogP) is 0.734. The highest BCUT2D eigenvalue weighted by molar-refractivity contribution is 4.91. The van der Waals surface area contributed by atoms with Gasteiger partial charge in [0.15, 0.2) is 0 Å². The highest BCUT2D eigenvalue weighted by Gasteiger charge is 2.43. The third-order valence-electron chi connectivity index (χ3n) is 2.67. The molecule has 0 radical (unpaired) electrons. The van der Waals surface area contributed by atoms with E-state index in [4.69, 9.17) is 24.2 Å². The second-order valence-electron chi connectivity index (χ2n) is 3.78. The van der Waals surface area contributed by atoms with E-state index in [-0.39, 0.29) is 24.4 Å². The quantitative estimate of drug-likeness (QED) is 0.628. The van der Waals surface area contributed by atoms with Gasteiger partial charge in [0.1, 0.15) is 18.3 Å². The first-order chi connectivity index (χ1) is 7.74. The summed E-state index contributed by atoms with van der Waals surface area (Å²) in [5.74, 6) is 0. The van der Waals surface area contributed by atoms with Crippen LogP contribution in [-0.2, 0) is 18.9 Å². The lowest BCUT2D eigenvalue weighted by molar-refractivity contribution is -0.0549. The maximum Gasteiger partial charge on any atom is 0.114 e. The number of nitriles is 1. The van der Waals surface area contributed by atoms with Crippen LogP contribution in [0.25, 0.3) is 0 Å². The summed E-state index contributed by atoms with van der Waals surface area (Å²) in [6.07, 6.45) is -0.0118. The molecule has 1 saturated heterocycles. The zero-order chi connectivity index (χ0) is 12.0. The molecule has 16 heavy (non-hydrogen) atoms. The Morgan fingerprint density at radius 2 is 2.06 bits per heavy atom. The van der Waals surface area contributed by atoms with Crippen molar-refractivity contribution in [2.24, 2.45) is 0 Å². The Hall–Kier alpha value is -0.670. The Bertz CT molecular complexity index is 241. The molecule has 0 saturated carbocycles. The van der Waals surface area contributed by atoms with Crippen molar-refractivity contribution in [1.29, 1.82) is 5.26 Å². The van der Waals surface area contributed by atoms with Crippen LogP contribution < -0.4 is 0 Å². The van der Waals surface area contributed by atoms with E-state index in [2.05, 4.69) is 0 Å². The molecule has 0 aromatic carbocycles. The van der Waals surface area contributed by atoms with Crippen molar-refractivity contribution in [2.45, 2.75) is 37.8 Å². The van der Waals surface area contributed by atoms with Crippen molar-refractivity contribution in [3.05, 3.63) is 0 Å². The highest BCUT2D eigenvalue weighted by Crippen LogP contribution is 2.26. The Labute approximate surface area is 96.2 Å². The fourth-order valence-corrected chi connectivity index (χ4v) is 1.96. The molecular formula is C11H19NO4. The molecular weight excluding hydrogens is 210 g/mol. The largest absolute Gasteiger partial charge is 0.382 e. The molecule has 0 amide bonds. The van der Waals surface area contributed by atoms with Gasteiger partial charge in [0.05, 0.1) is 31.8 Å². The number of ether oxygens (including phenoxy) is 4. The molecule has 0 spiro atoms. The molecule has 0 N–H and O–H groups in total. The molecule has 1 aliphatic heterocycles. The van der Waals surface area contributed by atoms with Crippen molar-refractivity contribution in [3.63, 3.8) is 0 Å². The van der Waals surface area contributed by atoms with Gasteiger partial charge in [0.2, 0.25) is 0 Å². The minimum absolute atomic E-state index is 0.0382.